The van der Waals surface area contributed by atoms with Crippen molar-refractivity contribution in [1.82, 2.24) is 0 Å². The van der Waals surface area contributed by atoms with Crippen molar-refractivity contribution in [2.45, 2.75) is 12.2 Å². The highest BCUT2D eigenvalue weighted by Gasteiger charge is 2.44. The highest BCUT2D eigenvalue weighted by molar-refractivity contribution is 6.42. The van der Waals surface area contributed by atoms with Gasteiger partial charge in [-0.25, -0.2) is 0 Å². The minimum Gasteiger partial charge on any atom is -0.450 e. The first-order valence-electron chi connectivity index (χ1n) is 9.68. The van der Waals surface area contributed by atoms with E-state index in [2.05, 4.69) is 0 Å². The molecule has 1 amide bonds. The smallest absolute Gasteiger partial charge is 0.416 e. The molecule has 33 heavy (non-hydrogen) atoms. The Bertz CT molecular complexity index is 1500. The summed E-state index contributed by atoms with van der Waals surface area (Å²) in [5, 5.41) is 0.672. The Morgan fingerprint density at radius 1 is 0.879 bits per heavy atom. The summed E-state index contributed by atoms with van der Waals surface area (Å²) in [4.78, 5) is 28.0. The summed E-state index contributed by atoms with van der Waals surface area (Å²) in [6.45, 7) is 0. The summed E-state index contributed by atoms with van der Waals surface area (Å²) in [6.07, 6.45) is -4.62. The Labute approximate surface area is 194 Å². The molecule has 0 aliphatic carbocycles. The molecule has 0 saturated heterocycles. The maximum atomic E-state index is 13.4. The summed E-state index contributed by atoms with van der Waals surface area (Å²) < 4.78 is 45.9. The van der Waals surface area contributed by atoms with Crippen LogP contribution in [0.2, 0.25) is 10.0 Å². The second kappa shape index (κ2) is 7.64. The van der Waals surface area contributed by atoms with Gasteiger partial charge in [0, 0.05) is 5.69 Å². The molecule has 0 fully saturated rings. The molecule has 1 atom stereocenters. The normalized spacial score (nSPS) is 15.8. The SMILES string of the molecule is O=C1c2oc3ccccc3c(=O)c2C(c2ccc(Cl)c(Cl)c2)N1c1cccc(C(F)(F)F)c1. The van der Waals surface area contributed by atoms with Crippen LogP contribution in [0.15, 0.2) is 75.9 Å². The highest BCUT2D eigenvalue weighted by atomic mass is 35.5. The van der Waals surface area contributed by atoms with Gasteiger partial charge in [-0.3, -0.25) is 14.5 Å². The molecule has 3 aromatic carbocycles. The van der Waals surface area contributed by atoms with Crippen molar-refractivity contribution >= 4 is 45.8 Å². The molecule has 1 unspecified atom stereocenters. The van der Waals surface area contributed by atoms with E-state index in [1.165, 1.54) is 24.3 Å². The summed E-state index contributed by atoms with van der Waals surface area (Å²) >= 11 is 12.2. The van der Waals surface area contributed by atoms with Crippen molar-refractivity contribution in [3.05, 3.63) is 109 Å². The van der Waals surface area contributed by atoms with Crippen LogP contribution in [0.5, 0.6) is 0 Å². The highest BCUT2D eigenvalue weighted by Crippen LogP contribution is 2.43. The number of anilines is 1. The van der Waals surface area contributed by atoms with Gasteiger partial charge < -0.3 is 4.42 Å². The van der Waals surface area contributed by atoms with Crippen LogP contribution in [0.3, 0.4) is 0 Å². The lowest BCUT2D eigenvalue weighted by molar-refractivity contribution is -0.137. The van der Waals surface area contributed by atoms with Gasteiger partial charge in [-0.1, -0.05) is 47.5 Å². The minimum atomic E-state index is -4.62. The lowest BCUT2D eigenvalue weighted by atomic mass is 9.98. The summed E-state index contributed by atoms with van der Waals surface area (Å²) in [6, 6.07) is 14.2. The van der Waals surface area contributed by atoms with Crippen molar-refractivity contribution in [1.29, 1.82) is 0 Å². The summed E-state index contributed by atoms with van der Waals surface area (Å²) in [7, 11) is 0. The molecule has 4 nitrogen and oxygen atoms in total. The van der Waals surface area contributed by atoms with Crippen LogP contribution < -0.4 is 10.3 Å². The van der Waals surface area contributed by atoms with E-state index in [1.54, 1.807) is 30.3 Å². The maximum Gasteiger partial charge on any atom is 0.416 e. The number of alkyl halides is 3. The fourth-order valence-corrected chi connectivity index (χ4v) is 4.32. The topological polar surface area (TPSA) is 50.5 Å². The van der Waals surface area contributed by atoms with Gasteiger partial charge in [0.15, 0.2) is 5.43 Å². The molecule has 0 N–H and O–H groups in total. The van der Waals surface area contributed by atoms with E-state index in [1.807, 2.05) is 0 Å². The van der Waals surface area contributed by atoms with E-state index >= 15 is 0 Å². The van der Waals surface area contributed by atoms with Crippen molar-refractivity contribution in [3.8, 4) is 0 Å². The number of nitrogens with zero attached hydrogens (tertiary/aromatic N) is 1. The van der Waals surface area contributed by atoms with Crippen LogP contribution in [-0.4, -0.2) is 5.91 Å². The predicted octanol–water partition coefficient (Wildman–Crippen LogP) is 6.87. The Balaban J connectivity index is 1.80. The fourth-order valence-electron chi connectivity index (χ4n) is 4.02. The van der Waals surface area contributed by atoms with Crippen LogP contribution in [-0.2, 0) is 6.18 Å². The van der Waals surface area contributed by atoms with Crippen molar-refractivity contribution in [3.63, 3.8) is 0 Å². The van der Waals surface area contributed by atoms with Gasteiger partial charge in [-0.2, -0.15) is 13.2 Å². The first-order chi connectivity index (χ1) is 15.7. The third-order valence-corrected chi connectivity index (χ3v) is 6.23. The number of amides is 1. The largest absolute Gasteiger partial charge is 0.450 e. The first kappa shape index (κ1) is 21.6. The van der Waals surface area contributed by atoms with E-state index in [0.29, 0.717) is 5.56 Å². The molecule has 1 aromatic heterocycles. The molecule has 0 spiro atoms. The van der Waals surface area contributed by atoms with E-state index < -0.39 is 29.1 Å². The second-order valence-corrected chi connectivity index (χ2v) is 8.28. The summed E-state index contributed by atoms with van der Waals surface area (Å²) in [5.41, 5.74) is -0.799. The van der Waals surface area contributed by atoms with Gasteiger partial charge in [0.05, 0.1) is 32.6 Å². The average molecular weight is 490 g/mol. The Kier molecular flexibility index (Phi) is 4.99. The Hall–Kier alpha value is -3.29. The monoisotopic (exact) mass is 489 g/mol. The first-order valence-corrected chi connectivity index (χ1v) is 10.4. The number of carbonyl (C=O) groups excluding carboxylic acids is 1. The number of hydrogen-bond donors (Lipinski definition) is 0. The maximum absolute atomic E-state index is 13.4. The van der Waals surface area contributed by atoms with Crippen molar-refractivity contribution < 1.29 is 22.4 Å². The number of halogens is 5. The van der Waals surface area contributed by atoms with Gasteiger partial charge in [0.2, 0.25) is 5.76 Å². The number of benzene rings is 3. The molecule has 2 heterocycles. The van der Waals surface area contributed by atoms with E-state index in [4.69, 9.17) is 27.6 Å². The van der Waals surface area contributed by atoms with Gasteiger partial charge in [-0.05, 0) is 48.0 Å². The minimum absolute atomic E-state index is 0.0227. The average Bonchev–Trinajstić information content (AvgIpc) is 3.08. The zero-order chi connectivity index (χ0) is 23.5. The number of carbonyl (C=O) groups is 1. The molecule has 166 valence electrons. The second-order valence-electron chi connectivity index (χ2n) is 7.47. The third kappa shape index (κ3) is 3.48. The molecule has 0 radical (unpaired) electrons. The lowest BCUT2D eigenvalue weighted by Crippen LogP contribution is -2.29. The molecule has 0 bridgehead atoms. The molecule has 5 rings (SSSR count). The number of hydrogen-bond acceptors (Lipinski definition) is 3. The fraction of sp³-hybridized carbons (Fsp3) is 0.0833. The summed E-state index contributed by atoms with van der Waals surface area (Å²) in [5.74, 6) is -0.963. The number of fused-ring (bicyclic) bond motifs is 2. The Morgan fingerprint density at radius 3 is 2.36 bits per heavy atom. The van der Waals surface area contributed by atoms with Gasteiger partial charge in [-0.15, -0.1) is 0 Å². The van der Waals surface area contributed by atoms with Gasteiger partial charge in [0.25, 0.3) is 5.91 Å². The van der Waals surface area contributed by atoms with Crippen LogP contribution in [0, 0.1) is 0 Å². The van der Waals surface area contributed by atoms with Gasteiger partial charge in [0.1, 0.15) is 5.58 Å². The molecule has 4 aromatic rings. The molecule has 0 saturated carbocycles. The van der Waals surface area contributed by atoms with E-state index in [-0.39, 0.29) is 38.0 Å². The van der Waals surface area contributed by atoms with Crippen LogP contribution in [0.25, 0.3) is 11.0 Å². The predicted molar refractivity (Wildman–Crippen MR) is 119 cm³/mol. The zero-order valence-electron chi connectivity index (χ0n) is 16.5. The molecular weight excluding hydrogens is 478 g/mol. The van der Waals surface area contributed by atoms with E-state index in [0.717, 1.165) is 17.0 Å². The third-order valence-electron chi connectivity index (χ3n) is 5.49. The van der Waals surface area contributed by atoms with Crippen molar-refractivity contribution in [2.75, 3.05) is 4.90 Å². The van der Waals surface area contributed by atoms with Crippen LogP contribution in [0.4, 0.5) is 18.9 Å². The number of para-hydroxylation sites is 1. The number of rotatable bonds is 2. The molecular formula is C24H12Cl2F3NO3. The van der Waals surface area contributed by atoms with Gasteiger partial charge >= 0.3 is 6.18 Å². The molecule has 9 heteroatoms. The quantitative estimate of drug-likeness (QED) is 0.308. The Morgan fingerprint density at radius 2 is 1.64 bits per heavy atom. The van der Waals surface area contributed by atoms with E-state index in [9.17, 15) is 22.8 Å². The molecule has 1 aliphatic heterocycles. The van der Waals surface area contributed by atoms with Crippen molar-refractivity contribution in [2.24, 2.45) is 0 Å². The molecule has 1 aliphatic rings. The standard InChI is InChI=1S/C24H12Cl2F3NO3/c25-16-9-8-12(10-17(16)26)20-19-21(31)15-6-1-2-7-18(15)33-22(19)23(32)30(20)14-5-3-4-13(11-14)24(27,28)29/h1-11,20H. The lowest BCUT2D eigenvalue weighted by Gasteiger charge is -2.26. The van der Waals surface area contributed by atoms with Crippen LogP contribution >= 0.6 is 23.2 Å². The zero-order valence-corrected chi connectivity index (χ0v) is 18.0. The van der Waals surface area contributed by atoms with Crippen LogP contribution in [0.1, 0.15) is 33.3 Å².